The summed E-state index contributed by atoms with van der Waals surface area (Å²) in [6.07, 6.45) is -0.774. The van der Waals surface area contributed by atoms with Crippen LogP contribution in [0.25, 0.3) is 0 Å². The van der Waals surface area contributed by atoms with Crippen LogP contribution in [-0.4, -0.2) is 18.2 Å². The van der Waals surface area contributed by atoms with Crippen LogP contribution < -0.4 is 0 Å². The molecule has 0 spiro atoms. The fourth-order valence-electron chi connectivity index (χ4n) is 4.06. The molecule has 0 radical (unpaired) electrons. The number of nitrogens with zero attached hydrogens (tertiary/aromatic N) is 2. The second-order valence-corrected chi connectivity index (χ2v) is 9.08. The molecule has 2 aliphatic heterocycles. The Labute approximate surface area is 169 Å². The lowest BCUT2D eigenvalue weighted by molar-refractivity contribution is -0.215. The summed E-state index contributed by atoms with van der Waals surface area (Å²) in [5.41, 5.74) is -2.12. The SMILES string of the molecule is C=CC(C)(C)CC(C)[C@]1(C)C(=O)O[C@@H]1CCc1ccc(C2(C(F)(F)F)N=N2)cc1. The topological polar surface area (TPSA) is 51.0 Å². The highest BCUT2D eigenvalue weighted by molar-refractivity contribution is 5.83. The average molecular weight is 408 g/mol. The molecule has 1 unspecified atom stereocenters. The number of carbonyl (C=O) groups is 1. The molecule has 1 aromatic rings. The summed E-state index contributed by atoms with van der Waals surface area (Å²) >= 11 is 0. The van der Waals surface area contributed by atoms with Crippen molar-refractivity contribution in [3.8, 4) is 0 Å². The van der Waals surface area contributed by atoms with E-state index in [1.54, 1.807) is 12.1 Å². The number of ether oxygens (including phenoxy) is 1. The molecule has 1 aromatic carbocycles. The van der Waals surface area contributed by atoms with Crippen molar-refractivity contribution in [3.63, 3.8) is 0 Å². The molecule has 2 aliphatic rings. The second-order valence-electron chi connectivity index (χ2n) is 9.08. The number of cyclic esters (lactones) is 1. The van der Waals surface area contributed by atoms with Crippen molar-refractivity contribution < 1.29 is 22.7 Å². The Bertz CT molecular complexity index is 823. The van der Waals surface area contributed by atoms with E-state index in [1.807, 2.05) is 13.0 Å². The summed E-state index contributed by atoms with van der Waals surface area (Å²) in [5, 5.41) is 6.44. The lowest BCUT2D eigenvalue weighted by Gasteiger charge is -2.49. The summed E-state index contributed by atoms with van der Waals surface area (Å²) in [6, 6.07) is 6.16. The van der Waals surface area contributed by atoms with Gasteiger partial charge in [0, 0.05) is 5.56 Å². The van der Waals surface area contributed by atoms with Crippen molar-refractivity contribution in [3.05, 3.63) is 48.0 Å². The number of benzene rings is 1. The van der Waals surface area contributed by atoms with E-state index < -0.39 is 17.3 Å². The number of alkyl halides is 3. The van der Waals surface area contributed by atoms with Gasteiger partial charge in [-0.3, -0.25) is 4.79 Å². The van der Waals surface area contributed by atoms with Gasteiger partial charge in [-0.25, -0.2) is 0 Å². The van der Waals surface area contributed by atoms with Gasteiger partial charge in [0.1, 0.15) is 11.5 Å². The molecule has 4 nitrogen and oxygen atoms in total. The maximum atomic E-state index is 13.1. The van der Waals surface area contributed by atoms with Crippen molar-refractivity contribution in [2.24, 2.45) is 27.0 Å². The largest absolute Gasteiger partial charge is 0.461 e. The monoisotopic (exact) mass is 408 g/mol. The first kappa shape index (κ1) is 21.5. The predicted octanol–water partition coefficient (Wildman–Crippen LogP) is 5.97. The van der Waals surface area contributed by atoms with E-state index in [0.29, 0.717) is 12.8 Å². The summed E-state index contributed by atoms with van der Waals surface area (Å²) in [4.78, 5) is 12.3. The predicted molar refractivity (Wildman–Crippen MR) is 103 cm³/mol. The lowest BCUT2D eigenvalue weighted by Crippen LogP contribution is -2.58. The molecule has 1 saturated heterocycles. The van der Waals surface area contributed by atoms with E-state index in [2.05, 4.69) is 37.6 Å². The Balaban J connectivity index is 1.63. The third-order valence-electron chi connectivity index (χ3n) is 6.51. The molecule has 3 rings (SSSR count). The average Bonchev–Trinajstić information content (AvgIpc) is 3.46. The van der Waals surface area contributed by atoms with Crippen LogP contribution in [0, 0.1) is 16.7 Å². The molecule has 158 valence electrons. The number of hydrogen-bond acceptors (Lipinski definition) is 4. The van der Waals surface area contributed by atoms with Crippen LogP contribution in [0.5, 0.6) is 0 Å². The van der Waals surface area contributed by atoms with E-state index in [-0.39, 0.29) is 29.0 Å². The summed E-state index contributed by atoms with van der Waals surface area (Å²) in [5.74, 6) is -0.0665. The number of hydrogen-bond donors (Lipinski definition) is 0. The summed E-state index contributed by atoms with van der Waals surface area (Å²) in [7, 11) is 0. The number of esters is 1. The molecular formula is C22H27F3N2O2. The van der Waals surface area contributed by atoms with Crippen LogP contribution in [0.4, 0.5) is 13.2 Å². The van der Waals surface area contributed by atoms with Gasteiger partial charge in [-0.1, -0.05) is 51.1 Å². The van der Waals surface area contributed by atoms with Gasteiger partial charge in [-0.05, 0) is 43.1 Å². The fourth-order valence-corrected chi connectivity index (χ4v) is 4.06. The molecule has 0 aromatic heterocycles. The number of aryl methyl sites for hydroxylation is 1. The van der Waals surface area contributed by atoms with E-state index >= 15 is 0 Å². The molecule has 29 heavy (non-hydrogen) atoms. The van der Waals surface area contributed by atoms with E-state index in [1.165, 1.54) is 12.1 Å². The molecule has 7 heteroatoms. The zero-order chi connectivity index (χ0) is 21.7. The van der Waals surface area contributed by atoms with E-state index in [4.69, 9.17) is 4.74 Å². The third-order valence-corrected chi connectivity index (χ3v) is 6.51. The van der Waals surface area contributed by atoms with Crippen LogP contribution in [0.2, 0.25) is 0 Å². The fraction of sp³-hybridized carbons (Fsp3) is 0.591. The molecular weight excluding hydrogens is 381 g/mol. The first-order valence-corrected chi connectivity index (χ1v) is 9.80. The highest BCUT2D eigenvalue weighted by Crippen LogP contribution is 2.52. The van der Waals surface area contributed by atoms with Crippen LogP contribution in [0.1, 0.15) is 51.7 Å². The van der Waals surface area contributed by atoms with Gasteiger partial charge in [0.2, 0.25) is 0 Å². The Morgan fingerprint density at radius 1 is 1.24 bits per heavy atom. The smallest absolute Gasteiger partial charge is 0.442 e. The number of allylic oxidation sites excluding steroid dienone is 1. The van der Waals surface area contributed by atoms with Crippen molar-refractivity contribution in [1.29, 1.82) is 0 Å². The first-order valence-electron chi connectivity index (χ1n) is 9.80. The van der Waals surface area contributed by atoms with Gasteiger partial charge < -0.3 is 4.74 Å². The minimum absolute atomic E-state index is 0.0222. The van der Waals surface area contributed by atoms with Gasteiger partial charge in [-0.2, -0.15) is 13.2 Å². The minimum Gasteiger partial charge on any atom is -0.461 e. The molecule has 3 atom stereocenters. The first-order chi connectivity index (χ1) is 13.4. The molecule has 0 saturated carbocycles. The van der Waals surface area contributed by atoms with Gasteiger partial charge in [0.25, 0.3) is 0 Å². The number of carbonyl (C=O) groups excluding carboxylic acids is 1. The summed E-state index contributed by atoms with van der Waals surface area (Å²) in [6.45, 7) is 12.1. The molecule has 0 amide bonds. The molecule has 0 N–H and O–H groups in total. The van der Waals surface area contributed by atoms with Gasteiger partial charge in [0.05, 0.1) is 0 Å². The van der Waals surface area contributed by atoms with Gasteiger partial charge in [0.15, 0.2) is 0 Å². The molecule has 0 aliphatic carbocycles. The molecule has 2 heterocycles. The Hall–Kier alpha value is -2.18. The quantitative estimate of drug-likeness (QED) is 0.393. The Morgan fingerprint density at radius 3 is 2.28 bits per heavy atom. The van der Waals surface area contributed by atoms with Crippen LogP contribution in [0.3, 0.4) is 0 Å². The van der Waals surface area contributed by atoms with Crippen LogP contribution in [-0.2, 0) is 21.6 Å². The number of rotatable bonds is 8. The normalized spacial score (nSPS) is 26.4. The molecule has 1 fully saturated rings. The van der Waals surface area contributed by atoms with Gasteiger partial charge >= 0.3 is 17.8 Å². The highest BCUT2D eigenvalue weighted by atomic mass is 19.4. The van der Waals surface area contributed by atoms with Crippen molar-refractivity contribution in [2.75, 3.05) is 0 Å². The van der Waals surface area contributed by atoms with Crippen molar-refractivity contribution in [1.82, 2.24) is 0 Å². The third kappa shape index (κ3) is 3.71. The Morgan fingerprint density at radius 2 is 1.83 bits per heavy atom. The molecule has 0 bridgehead atoms. The summed E-state index contributed by atoms with van der Waals surface area (Å²) < 4.78 is 44.7. The maximum Gasteiger partial charge on any atom is 0.442 e. The minimum atomic E-state index is -4.52. The zero-order valence-electron chi connectivity index (χ0n) is 17.2. The number of halogens is 3. The zero-order valence-corrected chi connectivity index (χ0v) is 17.2. The second kappa shape index (κ2) is 6.96. The van der Waals surface area contributed by atoms with E-state index in [9.17, 15) is 18.0 Å². The highest BCUT2D eigenvalue weighted by Gasteiger charge is 2.65. The lowest BCUT2D eigenvalue weighted by atomic mass is 9.64. The van der Waals surface area contributed by atoms with Crippen molar-refractivity contribution in [2.45, 2.75) is 64.9 Å². The van der Waals surface area contributed by atoms with Crippen LogP contribution in [0.15, 0.2) is 47.1 Å². The van der Waals surface area contributed by atoms with Gasteiger partial charge in [-0.15, -0.1) is 16.8 Å². The Kier molecular flexibility index (Phi) is 5.16. The van der Waals surface area contributed by atoms with E-state index in [0.717, 1.165) is 12.0 Å². The maximum absolute atomic E-state index is 13.1. The van der Waals surface area contributed by atoms with Crippen LogP contribution >= 0.6 is 0 Å². The standard InChI is InChI=1S/C22H27F3N2O2/c1-6-19(3,4)13-14(2)20(5)17(29-18(20)28)12-9-15-7-10-16(11-8-15)21(26-27-21)22(23,24)25/h6-8,10-11,14,17H,1,9,12-13H2,2-5H3/t14?,17-,20+/m1/s1. The van der Waals surface area contributed by atoms with Crippen molar-refractivity contribution >= 4 is 5.97 Å².